The number of hydrogen-bond donors (Lipinski definition) is 1. The predicted molar refractivity (Wildman–Crippen MR) is 127 cm³/mol. The van der Waals surface area contributed by atoms with Crippen molar-refractivity contribution in [3.05, 3.63) is 106 Å². The van der Waals surface area contributed by atoms with Gasteiger partial charge in [-0.2, -0.15) is 0 Å². The summed E-state index contributed by atoms with van der Waals surface area (Å²) in [7, 11) is 1.49. The first-order chi connectivity index (χ1) is 15.9. The van der Waals surface area contributed by atoms with Crippen molar-refractivity contribution in [1.29, 1.82) is 0 Å². The Morgan fingerprint density at radius 2 is 1.64 bits per heavy atom. The molecule has 0 aliphatic carbocycles. The molecular formula is C27H21FN2O3. The lowest BCUT2D eigenvalue weighted by atomic mass is 9.97. The van der Waals surface area contributed by atoms with Gasteiger partial charge in [-0.05, 0) is 36.2 Å². The normalized spacial score (nSPS) is 11.4. The molecule has 33 heavy (non-hydrogen) atoms. The zero-order valence-electron chi connectivity index (χ0n) is 18.2. The number of benzene rings is 3. The molecule has 0 amide bonds. The monoisotopic (exact) mass is 440 g/mol. The van der Waals surface area contributed by atoms with Crippen LogP contribution < -0.4 is 5.56 Å². The maximum Gasteiger partial charge on any atom is 0.353 e. The molecule has 0 unspecified atom stereocenters. The number of aromatic nitrogens is 2. The van der Waals surface area contributed by atoms with Crippen LogP contribution in [0.5, 0.6) is 0 Å². The van der Waals surface area contributed by atoms with Crippen LogP contribution >= 0.6 is 0 Å². The molecule has 2 aromatic heterocycles. The van der Waals surface area contributed by atoms with Crippen LogP contribution in [0.1, 0.15) is 21.6 Å². The molecule has 0 saturated heterocycles. The molecule has 0 bridgehead atoms. The van der Waals surface area contributed by atoms with E-state index in [1.54, 1.807) is 12.1 Å². The highest BCUT2D eigenvalue weighted by atomic mass is 19.1. The fourth-order valence-corrected chi connectivity index (χ4v) is 4.51. The van der Waals surface area contributed by atoms with Crippen molar-refractivity contribution < 1.29 is 14.3 Å². The largest absolute Gasteiger partial charge is 0.477 e. The SMILES string of the molecule is Cc1ccc(-c2c(C(=O)O)n(C)c(=O)c3c2c2ccccc2n3Cc2ccc(F)cc2)cc1. The molecule has 5 rings (SSSR count). The minimum absolute atomic E-state index is 0.0546. The van der Waals surface area contributed by atoms with Crippen LogP contribution in [0.15, 0.2) is 77.6 Å². The van der Waals surface area contributed by atoms with Gasteiger partial charge in [0, 0.05) is 35.4 Å². The van der Waals surface area contributed by atoms with Crippen LogP contribution in [0.3, 0.4) is 0 Å². The van der Waals surface area contributed by atoms with Crippen LogP contribution in [0.2, 0.25) is 0 Å². The van der Waals surface area contributed by atoms with Crippen LogP contribution in [0.25, 0.3) is 32.9 Å². The summed E-state index contributed by atoms with van der Waals surface area (Å²) in [6.45, 7) is 2.31. The van der Waals surface area contributed by atoms with Crippen molar-refractivity contribution in [2.24, 2.45) is 7.05 Å². The number of fused-ring (bicyclic) bond motifs is 3. The van der Waals surface area contributed by atoms with E-state index < -0.39 is 11.5 Å². The summed E-state index contributed by atoms with van der Waals surface area (Å²) >= 11 is 0. The summed E-state index contributed by atoms with van der Waals surface area (Å²) in [6.07, 6.45) is 0. The van der Waals surface area contributed by atoms with E-state index in [4.69, 9.17) is 0 Å². The Balaban J connectivity index is 1.96. The zero-order valence-corrected chi connectivity index (χ0v) is 18.2. The van der Waals surface area contributed by atoms with Gasteiger partial charge in [-0.3, -0.25) is 4.79 Å². The average Bonchev–Trinajstić information content (AvgIpc) is 3.12. The second kappa shape index (κ2) is 7.74. The Morgan fingerprint density at radius 1 is 0.970 bits per heavy atom. The van der Waals surface area contributed by atoms with Crippen LogP contribution in [-0.4, -0.2) is 20.2 Å². The molecular weight excluding hydrogens is 419 g/mol. The standard InChI is InChI=1S/C27H21FN2O3/c1-16-7-11-18(12-8-16)22-23-20-5-3-4-6-21(20)30(15-17-9-13-19(28)14-10-17)24(23)26(31)29(2)25(22)27(32)33/h3-14H,15H2,1-2H3,(H,32,33). The molecule has 5 nitrogen and oxygen atoms in total. The molecule has 0 saturated carbocycles. The van der Waals surface area contributed by atoms with Gasteiger partial charge in [0.25, 0.3) is 5.56 Å². The predicted octanol–water partition coefficient (Wildman–Crippen LogP) is 5.35. The number of halogens is 1. The van der Waals surface area contributed by atoms with Crippen LogP contribution in [-0.2, 0) is 13.6 Å². The highest BCUT2D eigenvalue weighted by Gasteiger charge is 2.26. The molecule has 6 heteroatoms. The van der Waals surface area contributed by atoms with Gasteiger partial charge >= 0.3 is 5.97 Å². The van der Waals surface area contributed by atoms with Crippen LogP contribution in [0, 0.1) is 12.7 Å². The number of carbonyl (C=O) groups is 1. The maximum atomic E-state index is 13.5. The van der Waals surface area contributed by atoms with E-state index in [0.29, 0.717) is 23.0 Å². The second-order valence-corrected chi connectivity index (χ2v) is 8.21. The molecule has 164 valence electrons. The number of nitrogens with zero attached hydrogens (tertiary/aromatic N) is 2. The van der Waals surface area contributed by atoms with E-state index in [1.807, 2.05) is 60.0 Å². The van der Waals surface area contributed by atoms with Gasteiger partial charge < -0.3 is 14.2 Å². The molecule has 0 aliphatic heterocycles. The van der Waals surface area contributed by atoms with E-state index in [9.17, 15) is 19.1 Å². The summed E-state index contributed by atoms with van der Waals surface area (Å²) in [6, 6.07) is 21.4. The lowest BCUT2D eigenvalue weighted by Crippen LogP contribution is -2.26. The lowest BCUT2D eigenvalue weighted by Gasteiger charge is -2.15. The van der Waals surface area contributed by atoms with Gasteiger partial charge in [0.15, 0.2) is 0 Å². The average molecular weight is 440 g/mol. The fourth-order valence-electron chi connectivity index (χ4n) is 4.51. The number of hydrogen-bond acceptors (Lipinski definition) is 2. The molecule has 0 fully saturated rings. The summed E-state index contributed by atoms with van der Waals surface area (Å²) in [5.41, 5.74) is 3.90. The third kappa shape index (κ3) is 3.31. The van der Waals surface area contributed by atoms with Crippen molar-refractivity contribution in [3.8, 4) is 11.1 Å². The van der Waals surface area contributed by atoms with E-state index in [0.717, 1.165) is 27.6 Å². The van der Waals surface area contributed by atoms with Crippen molar-refractivity contribution in [1.82, 2.24) is 9.13 Å². The van der Waals surface area contributed by atoms with Gasteiger partial charge in [-0.25, -0.2) is 9.18 Å². The van der Waals surface area contributed by atoms with E-state index in [2.05, 4.69) is 0 Å². The van der Waals surface area contributed by atoms with Crippen molar-refractivity contribution in [2.45, 2.75) is 13.5 Å². The number of para-hydroxylation sites is 1. The third-order valence-corrected chi connectivity index (χ3v) is 6.10. The Hall–Kier alpha value is -4.19. The fraction of sp³-hybridized carbons (Fsp3) is 0.111. The highest BCUT2D eigenvalue weighted by molar-refractivity contribution is 6.18. The minimum Gasteiger partial charge on any atom is -0.477 e. The first-order valence-corrected chi connectivity index (χ1v) is 10.6. The molecule has 0 aliphatic rings. The number of aromatic carboxylic acids is 1. The minimum atomic E-state index is -1.16. The number of carboxylic acids is 1. The first-order valence-electron chi connectivity index (χ1n) is 10.6. The number of rotatable bonds is 4. The van der Waals surface area contributed by atoms with Gasteiger partial charge in [0.05, 0.1) is 0 Å². The van der Waals surface area contributed by atoms with E-state index in [-0.39, 0.29) is 11.5 Å². The van der Waals surface area contributed by atoms with Crippen molar-refractivity contribution in [3.63, 3.8) is 0 Å². The van der Waals surface area contributed by atoms with Gasteiger partial charge in [-0.1, -0.05) is 60.2 Å². The Labute approximate surface area is 189 Å². The first kappa shape index (κ1) is 20.7. The topological polar surface area (TPSA) is 64.2 Å². The lowest BCUT2D eigenvalue weighted by molar-refractivity contribution is 0.0686. The van der Waals surface area contributed by atoms with Gasteiger partial charge in [-0.15, -0.1) is 0 Å². The Bertz CT molecular complexity index is 1590. The number of aryl methyl sites for hydroxylation is 1. The molecule has 1 N–H and O–H groups in total. The van der Waals surface area contributed by atoms with Crippen molar-refractivity contribution in [2.75, 3.05) is 0 Å². The Kier molecular flexibility index (Phi) is 4.86. The Morgan fingerprint density at radius 3 is 2.30 bits per heavy atom. The molecule has 2 heterocycles. The summed E-state index contributed by atoms with van der Waals surface area (Å²) in [5, 5.41) is 11.5. The smallest absolute Gasteiger partial charge is 0.353 e. The number of pyridine rings is 1. The highest BCUT2D eigenvalue weighted by Crippen LogP contribution is 2.37. The molecule has 5 aromatic rings. The zero-order chi connectivity index (χ0) is 23.3. The maximum absolute atomic E-state index is 13.5. The van der Waals surface area contributed by atoms with Gasteiger partial charge in [0.2, 0.25) is 0 Å². The van der Waals surface area contributed by atoms with Gasteiger partial charge in [0.1, 0.15) is 17.0 Å². The third-order valence-electron chi connectivity index (χ3n) is 6.10. The van der Waals surface area contributed by atoms with Crippen LogP contribution in [0.4, 0.5) is 4.39 Å². The molecule has 0 spiro atoms. The molecule has 0 atom stereocenters. The summed E-state index contributed by atoms with van der Waals surface area (Å²) in [5.74, 6) is -1.49. The molecule has 0 radical (unpaired) electrons. The van der Waals surface area contributed by atoms with Crippen molar-refractivity contribution >= 4 is 27.8 Å². The van der Waals surface area contributed by atoms with E-state index >= 15 is 0 Å². The second-order valence-electron chi connectivity index (χ2n) is 8.21. The quantitative estimate of drug-likeness (QED) is 0.410. The summed E-state index contributed by atoms with van der Waals surface area (Å²) in [4.78, 5) is 25.9. The van der Waals surface area contributed by atoms with E-state index in [1.165, 1.54) is 23.7 Å². The number of carboxylic acid groups (broad SMARTS) is 1. The molecule has 3 aromatic carbocycles. The summed E-state index contributed by atoms with van der Waals surface area (Å²) < 4.78 is 16.6.